The molecule has 1 aliphatic rings. The first-order valence-electron chi connectivity index (χ1n) is 5.66. The van der Waals surface area contributed by atoms with Gasteiger partial charge >= 0.3 is 0 Å². The lowest BCUT2D eigenvalue weighted by molar-refractivity contribution is 0.454. The van der Waals surface area contributed by atoms with Gasteiger partial charge in [0, 0.05) is 4.88 Å². The van der Waals surface area contributed by atoms with Gasteiger partial charge in [-0.3, -0.25) is 0 Å². The van der Waals surface area contributed by atoms with Gasteiger partial charge in [0.1, 0.15) is 0 Å². The van der Waals surface area contributed by atoms with Crippen molar-refractivity contribution < 1.29 is 0 Å². The van der Waals surface area contributed by atoms with Crippen LogP contribution in [0.2, 0.25) is 0 Å². The van der Waals surface area contributed by atoms with E-state index in [0.29, 0.717) is 0 Å². The van der Waals surface area contributed by atoms with E-state index in [4.69, 9.17) is 0 Å². The SMILES string of the molecule is CCNCC1CCCC1c1cccs1. The van der Waals surface area contributed by atoms with Crippen molar-refractivity contribution in [2.75, 3.05) is 13.1 Å². The van der Waals surface area contributed by atoms with E-state index >= 15 is 0 Å². The van der Waals surface area contributed by atoms with Crippen molar-refractivity contribution in [3.8, 4) is 0 Å². The minimum absolute atomic E-state index is 0.842. The molecule has 2 rings (SSSR count). The predicted octanol–water partition coefficient (Wildman–Crippen LogP) is 3.24. The van der Waals surface area contributed by atoms with Gasteiger partial charge in [-0.1, -0.05) is 19.4 Å². The Morgan fingerprint density at radius 1 is 1.50 bits per heavy atom. The van der Waals surface area contributed by atoms with Crippen LogP contribution in [0.25, 0.3) is 0 Å². The summed E-state index contributed by atoms with van der Waals surface area (Å²) < 4.78 is 0. The smallest absolute Gasteiger partial charge is 0.00794 e. The Kier molecular flexibility index (Phi) is 3.60. The van der Waals surface area contributed by atoms with Crippen LogP contribution in [0.4, 0.5) is 0 Å². The molecule has 0 spiro atoms. The van der Waals surface area contributed by atoms with Crippen LogP contribution < -0.4 is 5.32 Å². The topological polar surface area (TPSA) is 12.0 Å². The third-order valence-corrected chi connectivity index (χ3v) is 4.23. The summed E-state index contributed by atoms with van der Waals surface area (Å²) in [6.45, 7) is 4.50. The minimum Gasteiger partial charge on any atom is -0.317 e. The highest BCUT2D eigenvalue weighted by Crippen LogP contribution is 2.40. The lowest BCUT2D eigenvalue weighted by atomic mass is 9.94. The van der Waals surface area contributed by atoms with Crippen molar-refractivity contribution in [1.82, 2.24) is 5.32 Å². The molecule has 1 nitrogen and oxygen atoms in total. The Labute approximate surface area is 90.5 Å². The third-order valence-electron chi connectivity index (χ3n) is 3.22. The van der Waals surface area contributed by atoms with Crippen LogP contribution in [-0.2, 0) is 0 Å². The zero-order valence-electron chi connectivity index (χ0n) is 8.83. The van der Waals surface area contributed by atoms with Crippen LogP contribution in [0.5, 0.6) is 0 Å². The molecule has 2 unspecified atom stereocenters. The average Bonchev–Trinajstić information content (AvgIpc) is 2.84. The van der Waals surface area contributed by atoms with Crippen molar-refractivity contribution in [1.29, 1.82) is 0 Å². The molecule has 0 amide bonds. The molecule has 1 aromatic rings. The number of hydrogen-bond acceptors (Lipinski definition) is 2. The highest BCUT2D eigenvalue weighted by Gasteiger charge is 2.28. The van der Waals surface area contributed by atoms with Gasteiger partial charge in [0.15, 0.2) is 0 Å². The molecule has 0 aromatic carbocycles. The molecule has 1 heterocycles. The Bertz CT molecular complexity index is 255. The number of thiophene rings is 1. The van der Waals surface area contributed by atoms with Gasteiger partial charge in [0.05, 0.1) is 0 Å². The lowest BCUT2D eigenvalue weighted by Gasteiger charge is -2.18. The van der Waals surface area contributed by atoms with E-state index in [0.717, 1.165) is 18.4 Å². The number of rotatable bonds is 4. The maximum atomic E-state index is 3.49. The fourth-order valence-electron chi connectivity index (χ4n) is 2.49. The highest BCUT2D eigenvalue weighted by molar-refractivity contribution is 7.10. The average molecular weight is 209 g/mol. The van der Waals surface area contributed by atoms with Gasteiger partial charge in [-0.2, -0.15) is 0 Å². The first-order valence-corrected chi connectivity index (χ1v) is 6.54. The normalized spacial score (nSPS) is 26.9. The molecule has 0 saturated heterocycles. The van der Waals surface area contributed by atoms with E-state index in [2.05, 4.69) is 29.8 Å². The van der Waals surface area contributed by atoms with Crippen molar-refractivity contribution in [3.05, 3.63) is 22.4 Å². The fourth-order valence-corrected chi connectivity index (χ4v) is 3.44. The number of nitrogens with one attached hydrogen (secondary N) is 1. The quantitative estimate of drug-likeness (QED) is 0.802. The zero-order valence-corrected chi connectivity index (χ0v) is 9.65. The molecule has 1 saturated carbocycles. The summed E-state index contributed by atoms with van der Waals surface area (Å²) in [6.07, 6.45) is 4.23. The van der Waals surface area contributed by atoms with Crippen molar-refractivity contribution in [2.24, 2.45) is 5.92 Å². The molecule has 14 heavy (non-hydrogen) atoms. The standard InChI is InChI=1S/C12H19NS/c1-2-13-9-10-5-3-6-11(10)12-7-4-8-14-12/h4,7-8,10-11,13H,2-3,5-6,9H2,1H3. The molecule has 78 valence electrons. The van der Waals surface area contributed by atoms with Gasteiger partial charge in [-0.05, 0) is 49.2 Å². The molecular weight excluding hydrogens is 190 g/mol. The maximum absolute atomic E-state index is 3.49. The van der Waals surface area contributed by atoms with Crippen LogP contribution in [0.3, 0.4) is 0 Å². The Balaban J connectivity index is 1.97. The summed E-state index contributed by atoms with van der Waals surface area (Å²) in [5.74, 6) is 1.72. The Hall–Kier alpha value is -0.340. The van der Waals surface area contributed by atoms with Gasteiger partial charge in [0.2, 0.25) is 0 Å². The van der Waals surface area contributed by atoms with Crippen molar-refractivity contribution in [3.63, 3.8) is 0 Å². The van der Waals surface area contributed by atoms with Crippen LogP contribution >= 0.6 is 11.3 Å². The predicted molar refractivity (Wildman–Crippen MR) is 62.9 cm³/mol. The van der Waals surface area contributed by atoms with Gasteiger partial charge in [0.25, 0.3) is 0 Å². The van der Waals surface area contributed by atoms with Gasteiger partial charge in [-0.25, -0.2) is 0 Å². The Morgan fingerprint density at radius 2 is 2.43 bits per heavy atom. The first kappa shape index (κ1) is 10.2. The largest absolute Gasteiger partial charge is 0.317 e. The van der Waals surface area contributed by atoms with Crippen LogP contribution in [0.1, 0.15) is 37.0 Å². The summed E-state index contributed by atoms with van der Waals surface area (Å²) in [6, 6.07) is 4.49. The zero-order chi connectivity index (χ0) is 9.80. The summed E-state index contributed by atoms with van der Waals surface area (Å²) in [5, 5.41) is 5.69. The summed E-state index contributed by atoms with van der Waals surface area (Å²) in [5.41, 5.74) is 0. The molecule has 0 bridgehead atoms. The van der Waals surface area contributed by atoms with Crippen LogP contribution in [0.15, 0.2) is 17.5 Å². The Morgan fingerprint density at radius 3 is 3.14 bits per heavy atom. The first-order chi connectivity index (χ1) is 6.92. The third kappa shape index (κ3) is 2.18. The molecule has 1 aliphatic carbocycles. The second-order valence-corrected chi connectivity index (χ2v) is 5.10. The van der Waals surface area contributed by atoms with E-state index in [1.807, 2.05) is 11.3 Å². The molecule has 0 radical (unpaired) electrons. The summed E-state index contributed by atoms with van der Waals surface area (Å²) in [7, 11) is 0. The van der Waals surface area contributed by atoms with E-state index in [1.165, 1.54) is 25.8 Å². The fraction of sp³-hybridized carbons (Fsp3) is 0.667. The maximum Gasteiger partial charge on any atom is 0.00794 e. The van der Waals surface area contributed by atoms with E-state index in [1.54, 1.807) is 4.88 Å². The highest BCUT2D eigenvalue weighted by atomic mass is 32.1. The van der Waals surface area contributed by atoms with E-state index in [9.17, 15) is 0 Å². The second kappa shape index (κ2) is 4.94. The molecule has 2 heteroatoms. The van der Waals surface area contributed by atoms with Crippen LogP contribution in [0, 0.1) is 5.92 Å². The van der Waals surface area contributed by atoms with E-state index in [-0.39, 0.29) is 0 Å². The van der Waals surface area contributed by atoms with Crippen LogP contribution in [-0.4, -0.2) is 13.1 Å². The molecule has 1 N–H and O–H groups in total. The van der Waals surface area contributed by atoms with Crippen molar-refractivity contribution in [2.45, 2.75) is 32.1 Å². The minimum atomic E-state index is 0.842. The summed E-state index contributed by atoms with van der Waals surface area (Å²) in [4.78, 5) is 1.60. The molecule has 2 atom stereocenters. The molecule has 1 fully saturated rings. The molecule has 1 aromatic heterocycles. The van der Waals surface area contributed by atoms with Gasteiger partial charge in [-0.15, -0.1) is 11.3 Å². The van der Waals surface area contributed by atoms with Gasteiger partial charge < -0.3 is 5.32 Å². The van der Waals surface area contributed by atoms with E-state index < -0.39 is 0 Å². The number of hydrogen-bond donors (Lipinski definition) is 1. The summed E-state index contributed by atoms with van der Waals surface area (Å²) >= 11 is 1.93. The molecular formula is C12H19NS. The second-order valence-electron chi connectivity index (χ2n) is 4.12. The van der Waals surface area contributed by atoms with Crippen molar-refractivity contribution >= 4 is 11.3 Å². The monoisotopic (exact) mass is 209 g/mol. The molecule has 0 aliphatic heterocycles. The lowest BCUT2D eigenvalue weighted by Crippen LogP contribution is -2.23.